The van der Waals surface area contributed by atoms with E-state index in [1.54, 1.807) is 42.5 Å². The first-order valence-electron chi connectivity index (χ1n) is 8.30. The van der Waals surface area contributed by atoms with Crippen LogP contribution in [0.1, 0.15) is 27.6 Å². The summed E-state index contributed by atoms with van der Waals surface area (Å²) >= 11 is 0. The van der Waals surface area contributed by atoms with Crippen LogP contribution >= 0.6 is 12.4 Å². The number of methoxy groups -OCH3 is 1. The van der Waals surface area contributed by atoms with Crippen LogP contribution in [0.4, 0.5) is 5.69 Å². The molecule has 8 heteroatoms. The van der Waals surface area contributed by atoms with E-state index in [9.17, 15) is 9.59 Å². The fourth-order valence-corrected chi connectivity index (χ4v) is 2.35. The van der Waals surface area contributed by atoms with E-state index in [0.717, 1.165) is 0 Å². The monoisotopic (exact) mass is 393 g/mol. The number of carbonyl (C=O) groups excluding carboxylic acids is 2. The average Bonchev–Trinajstić information content (AvgIpc) is 2.67. The summed E-state index contributed by atoms with van der Waals surface area (Å²) in [5.41, 5.74) is 6.58. The Hall–Kier alpha value is -2.77. The summed E-state index contributed by atoms with van der Waals surface area (Å²) in [5.74, 6) is 0.377. The van der Waals surface area contributed by atoms with Gasteiger partial charge in [0.2, 0.25) is 0 Å². The predicted octanol–water partition coefficient (Wildman–Crippen LogP) is 2.46. The standard InChI is InChI=1S/C19H23N3O4.ClH/c1-3-26-16-9-8-13(12-17(16)25-2)18(23)22-15-7-5-4-6-14(15)19(24)21-11-10-20;/h4-9,12H,3,10-11,20H2,1-2H3,(H,21,24)(H,22,23);1H. The highest BCUT2D eigenvalue weighted by atomic mass is 35.5. The topological polar surface area (TPSA) is 103 Å². The fourth-order valence-electron chi connectivity index (χ4n) is 2.35. The molecule has 0 aromatic heterocycles. The van der Waals surface area contributed by atoms with Crippen molar-refractivity contribution in [3.8, 4) is 11.5 Å². The number of hydrogen-bond acceptors (Lipinski definition) is 5. The van der Waals surface area contributed by atoms with E-state index in [4.69, 9.17) is 15.2 Å². The summed E-state index contributed by atoms with van der Waals surface area (Å²) in [6.45, 7) is 3.06. The zero-order chi connectivity index (χ0) is 18.9. The molecule has 0 aliphatic carbocycles. The summed E-state index contributed by atoms with van der Waals surface area (Å²) in [6.07, 6.45) is 0. The van der Waals surface area contributed by atoms with Gasteiger partial charge in [0.05, 0.1) is 25.0 Å². The van der Waals surface area contributed by atoms with Crippen molar-refractivity contribution in [1.29, 1.82) is 0 Å². The minimum absolute atomic E-state index is 0. The Bertz CT molecular complexity index is 783. The number of anilines is 1. The Kier molecular flexibility index (Phi) is 9.12. The molecule has 0 unspecified atom stereocenters. The largest absolute Gasteiger partial charge is 0.493 e. The first-order chi connectivity index (χ1) is 12.6. The lowest BCUT2D eigenvalue weighted by molar-refractivity contribution is 0.0955. The van der Waals surface area contributed by atoms with Gasteiger partial charge in [-0.2, -0.15) is 0 Å². The summed E-state index contributed by atoms with van der Waals surface area (Å²) in [5, 5.41) is 5.45. The number of benzene rings is 2. The Morgan fingerprint density at radius 2 is 1.81 bits per heavy atom. The number of hydrogen-bond donors (Lipinski definition) is 3. The molecular weight excluding hydrogens is 370 g/mol. The molecule has 0 spiro atoms. The van der Waals surface area contributed by atoms with Crippen LogP contribution in [0.5, 0.6) is 11.5 Å². The Morgan fingerprint density at radius 3 is 2.48 bits per heavy atom. The van der Waals surface area contributed by atoms with E-state index >= 15 is 0 Å². The molecule has 2 aromatic rings. The zero-order valence-electron chi connectivity index (χ0n) is 15.3. The van der Waals surface area contributed by atoms with Crippen molar-refractivity contribution in [2.75, 3.05) is 32.1 Å². The van der Waals surface area contributed by atoms with Crippen molar-refractivity contribution in [1.82, 2.24) is 5.32 Å². The molecule has 0 atom stereocenters. The molecule has 0 bridgehead atoms. The van der Waals surface area contributed by atoms with Gasteiger partial charge >= 0.3 is 0 Å². The van der Waals surface area contributed by atoms with Gasteiger partial charge in [0.1, 0.15) is 0 Å². The molecule has 0 aliphatic rings. The third-order valence-corrected chi connectivity index (χ3v) is 3.58. The number of carbonyl (C=O) groups is 2. The van der Waals surface area contributed by atoms with Crippen molar-refractivity contribution in [2.24, 2.45) is 5.73 Å². The smallest absolute Gasteiger partial charge is 0.255 e. The number of amides is 2. The number of nitrogens with two attached hydrogens (primary N) is 1. The molecule has 0 saturated carbocycles. The van der Waals surface area contributed by atoms with Crippen LogP contribution in [0.2, 0.25) is 0 Å². The van der Waals surface area contributed by atoms with E-state index < -0.39 is 0 Å². The molecule has 0 fully saturated rings. The number of rotatable bonds is 8. The maximum Gasteiger partial charge on any atom is 0.255 e. The highest BCUT2D eigenvalue weighted by Gasteiger charge is 2.15. The number of ether oxygens (including phenoxy) is 2. The molecule has 2 rings (SSSR count). The molecule has 7 nitrogen and oxygen atoms in total. The Morgan fingerprint density at radius 1 is 1.07 bits per heavy atom. The zero-order valence-corrected chi connectivity index (χ0v) is 16.1. The second-order valence-corrected chi connectivity index (χ2v) is 5.34. The molecule has 146 valence electrons. The van der Waals surface area contributed by atoms with Crippen LogP contribution in [0.3, 0.4) is 0 Å². The minimum atomic E-state index is -0.356. The van der Waals surface area contributed by atoms with Gasteiger partial charge in [-0.05, 0) is 37.3 Å². The summed E-state index contributed by atoms with van der Waals surface area (Å²) in [7, 11) is 1.51. The van der Waals surface area contributed by atoms with Crippen LogP contribution < -0.4 is 25.8 Å². The molecule has 4 N–H and O–H groups in total. The lowest BCUT2D eigenvalue weighted by atomic mass is 10.1. The number of halogens is 1. The second kappa shape index (κ2) is 11.1. The van der Waals surface area contributed by atoms with E-state index in [2.05, 4.69) is 10.6 Å². The minimum Gasteiger partial charge on any atom is -0.493 e. The van der Waals surface area contributed by atoms with Gasteiger partial charge in [0.15, 0.2) is 11.5 Å². The van der Waals surface area contributed by atoms with Crippen LogP contribution in [-0.4, -0.2) is 38.6 Å². The quantitative estimate of drug-likeness (QED) is 0.639. The van der Waals surface area contributed by atoms with Crippen LogP contribution in [-0.2, 0) is 0 Å². The average molecular weight is 394 g/mol. The molecular formula is C19H24ClN3O4. The summed E-state index contributed by atoms with van der Waals surface area (Å²) < 4.78 is 10.7. The normalized spacial score (nSPS) is 9.74. The lowest BCUT2D eigenvalue weighted by Crippen LogP contribution is -2.30. The number of para-hydroxylation sites is 1. The SMILES string of the molecule is CCOc1ccc(C(=O)Nc2ccccc2C(=O)NCCN)cc1OC.Cl. The van der Waals surface area contributed by atoms with E-state index in [1.165, 1.54) is 7.11 Å². The van der Waals surface area contributed by atoms with Crippen LogP contribution in [0, 0.1) is 0 Å². The highest BCUT2D eigenvalue weighted by molar-refractivity contribution is 6.09. The second-order valence-electron chi connectivity index (χ2n) is 5.34. The Labute approximate surface area is 164 Å². The predicted molar refractivity (Wildman–Crippen MR) is 107 cm³/mol. The van der Waals surface area contributed by atoms with E-state index in [1.807, 2.05) is 6.92 Å². The van der Waals surface area contributed by atoms with Gasteiger partial charge in [-0.1, -0.05) is 12.1 Å². The van der Waals surface area contributed by atoms with Gasteiger partial charge in [0.25, 0.3) is 11.8 Å². The van der Waals surface area contributed by atoms with Crippen molar-refractivity contribution in [3.63, 3.8) is 0 Å². The molecule has 0 heterocycles. The highest BCUT2D eigenvalue weighted by Crippen LogP contribution is 2.28. The molecule has 2 amide bonds. The van der Waals surface area contributed by atoms with Crippen LogP contribution in [0.15, 0.2) is 42.5 Å². The third-order valence-electron chi connectivity index (χ3n) is 3.58. The summed E-state index contributed by atoms with van der Waals surface area (Å²) in [4.78, 5) is 24.8. The van der Waals surface area contributed by atoms with Gasteiger partial charge < -0.3 is 25.8 Å². The number of nitrogens with one attached hydrogen (secondary N) is 2. The van der Waals surface area contributed by atoms with Crippen molar-refractivity contribution < 1.29 is 19.1 Å². The molecule has 0 saturated heterocycles. The van der Waals surface area contributed by atoms with Gasteiger partial charge in [-0.15, -0.1) is 12.4 Å². The van der Waals surface area contributed by atoms with E-state index in [-0.39, 0.29) is 24.2 Å². The molecule has 2 aromatic carbocycles. The van der Waals surface area contributed by atoms with Crippen molar-refractivity contribution in [2.45, 2.75) is 6.92 Å². The van der Waals surface area contributed by atoms with Gasteiger partial charge in [0, 0.05) is 18.7 Å². The molecule has 0 aliphatic heterocycles. The van der Waals surface area contributed by atoms with Crippen LogP contribution in [0.25, 0.3) is 0 Å². The van der Waals surface area contributed by atoms with Crippen molar-refractivity contribution >= 4 is 29.9 Å². The first-order valence-corrected chi connectivity index (χ1v) is 8.30. The van der Waals surface area contributed by atoms with Gasteiger partial charge in [-0.3, -0.25) is 9.59 Å². The molecule has 0 radical (unpaired) electrons. The van der Waals surface area contributed by atoms with Crippen molar-refractivity contribution in [3.05, 3.63) is 53.6 Å². The Balaban J connectivity index is 0.00000364. The molecule has 27 heavy (non-hydrogen) atoms. The fraction of sp³-hybridized carbons (Fsp3) is 0.263. The third kappa shape index (κ3) is 5.87. The first kappa shape index (κ1) is 22.3. The summed E-state index contributed by atoms with van der Waals surface area (Å²) in [6, 6.07) is 11.7. The maximum absolute atomic E-state index is 12.6. The maximum atomic E-state index is 12.6. The van der Waals surface area contributed by atoms with Gasteiger partial charge in [-0.25, -0.2) is 0 Å². The lowest BCUT2D eigenvalue weighted by Gasteiger charge is -2.13. The van der Waals surface area contributed by atoms with E-state index in [0.29, 0.717) is 48.0 Å².